The lowest BCUT2D eigenvalue weighted by Gasteiger charge is -2.13. The van der Waals surface area contributed by atoms with Gasteiger partial charge in [-0.1, -0.05) is 24.3 Å². The molecule has 0 aliphatic carbocycles. The zero-order valence-corrected chi connectivity index (χ0v) is 11.7. The van der Waals surface area contributed by atoms with Gasteiger partial charge in [0, 0.05) is 12.1 Å². The SMILES string of the molecule is C=CCCCCCOc1c(C)cccc1CNC. The molecular formula is C16H25NO. The molecule has 0 atom stereocenters. The van der Waals surface area contributed by atoms with Gasteiger partial charge in [0.25, 0.3) is 0 Å². The lowest BCUT2D eigenvalue weighted by Crippen LogP contribution is -2.09. The number of hydrogen-bond acceptors (Lipinski definition) is 2. The first-order valence-corrected chi connectivity index (χ1v) is 6.76. The van der Waals surface area contributed by atoms with Crippen molar-refractivity contribution < 1.29 is 4.74 Å². The Bertz CT molecular complexity index is 360. The molecule has 0 bridgehead atoms. The predicted octanol–water partition coefficient (Wildman–Crippen LogP) is 3.84. The van der Waals surface area contributed by atoms with Crippen LogP contribution in [0.3, 0.4) is 0 Å². The summed E-state index contributed by atoms with van der Waals surface area (Å²) in [5, 5.41) is 3.18. The van der Waals surface area contributed by atoms with Crippen LogP contribution in [0.25, 0.3) is 0 Å². The fourth-order valence-electron chi connectivity index (χ4n) is 1.99. The van der Waals surface area contributed by atoms with Crippen molar-refractivity contribution >= 4 is 0 Å². The van der Waals surface area contributed by atoms with Crippen LogP contribution in [0.1, 0.15) is 36.8 Å². The Morgan fingerprint density at radius 2 is 2.11 bits per heavy atom. The highest BCUT2D eigenvalue weighted by Crippen LogP contribution is 2.23. The van der Waals surface area contributed by atoms with Crippen molar-refractivity contribution in [3.63, 3.8) is 0 Å². The maximum Gasteiger partial charge on any atom is 0.126 e. The van der Waals surface area contributed by atoms with Gasteiger partial charge in [0.1, 0.15) is 5.75 Å². The zero-order valence-electron chi connectivity index (χ0n) is 11.7. The fraction of sp³-hybridized carbons (Fsp3) is 0.500. The summed E-state index contributed by atoms with van der Waals surface area (Å²) in [7, 11) is 1.96. The van der Waals surface area contributed by atoms with E-state index in [4.69, 9.17) is 4.74 Å². The smallest absolute Gasteiger partial charge is 0.126 e. The van der Waals surface area contributed by atoms with E-state index in [1.54, 1.807) is 0 Å². The summed E-state index contributed by atoms with van der Waals surface area (Å²) in [6.45, 7) is 7.49. The van der Waals surface area contributed by atoms with Crippen LogP contribution < -0.4 is 10.1 Å². The van der Waals surface area contributed by atoms with Gasteiger partial charge in [0.05, 0.1) is 6.61 Å². The molecule has 1 rings (SSSR count). The van der Waals surface area contributed by atoms with E-state index < -0.39 is 0 Å². The van der Waals surface area contributed by atoms with E-state index in [2.05, 4.69) is 37.0 Å². The normalized spacial score (nSPS) is 10.3. The molecule has 1 aromatic carbocycles. The van der Waals surface area contributed by atoms with Gasteiger partial charge in [-0.15, -0.1) is 6.58 Å². The van der Waals surface area contributed by atoms with E-state index in [-0.39, 0.29) is 0 Å². The summed E-state index contributed by atoms with van der Waals surface area (Å²) in [4.78, 5) is 0. The second-order valence-corrected chi connectivity index (χ2v) is 4.58. The predicted molar refractivity (Wildman–Crippen MR) is 78.1 cm³/mol. The van der Waals surface area contributed by atoms with Gasteiger partial charge in [0.15, 0.2) is 0 Å². The maximum absolute atomic E-state index is 5.93. The number of ether oxygens (including phenoxy) is 1. The third-order valence-electron chi connectivity index (χ3n) is 2.96. The molecule has 0 fully saturated rings. The summed E-state index contributed by atoms with van der Waals surface area (Å²) in [6, 6.07) is 6.31. The lowest BCUT2D eigenvalue weighted by atomic mass is 10.1. The van der Waals surface area contributed by atoms with Gasteiger partial charge < -0.3 is 10.1 Å². The molecule has 0 saturated heterocycles. The van der Waals surface area contributed by atoms with Crippen molar-refractivity contribution in [3.05, 3.63) is 42.0 Å². The maximum atomic E-state index is 5.93. The van der Waals surface area contributed by atoms with Gasteiger partial charge in [-0.05, 0) is 45.2 Å². The minimum Gasteiger partial charge on any atom is -0.493 e. The van der Waals surface area contributed by atoms with Crippen molar-refractivity contribution in [1.29, 1.82) is 0 Å². The number of rotatable bonds is 9. The number of nitrogens with one attached hydrogen (secondary N) is 1. The molecule has 0 unspecified atom stereocenters. The van der Waals surface area contributed by atoms with Gasteiger partial charge in [-0.3, -0.25) is 0 Å². The minimum atomic E-state index is 0.804. The van der Waals surface area contributed by atoms with Crippen LogP contribution in [0.15, 0.2) is 30.9 Å². The third-order valence-corrected chi connectivity index (χ3v) is 2.96. The number of allylic oxidation sites excluding steroid dienone is 1. The molecular weight excluding hydrogens is 222 g/mol. The summed E-state index contributed by atoms with van der Waals surface area (Å²) in [6.07, 6.45) is 6.62. The van der Waals surface area contributed by atoms with E-state index in [1.165, 1.54) is 24.0 Å². The quantitative estimate of drug-likeness (QED) is 0.529. The van der Waals surface area contributed by atoms with Crippen LogP contribution >= 0.6 is 0 Å². The molecule has 0 saturated carbocycles. The van der Waals surface area contributed by atoms with Gasteiger partial charge >= 0.3 is 0 Å². The molecule has 2 nitrogen and oxygen atoms in total. The minimum absolute atomic E-state index is 0.804. The fourth-order valence-corrected chi connectivity index (χ4v) is 1.99. The van der Waals surface area contributed by atoms with E-state index in [0.717, 1.165) is 31.7 Å². The standard InChI is InChI=1S/C16H25NO/c1-4-5-6-7-8-12-18-16-14(2)10-9-11-15(16)13-17-3/h4,9-11,17H,1,5-8,12-13H2,2-3H3. The van der Waals surface area contributed by atoms with Gasteiger partial charge in [-0.25, -0.2) is 0 Å². The zero-order chi connectivity index (χ0) is 13.2. The third kappa shape index (κ3) is 4.92. The summed E-state index contributed by atoms with van der Waals surface area (Å²) in [5.41, 5.74) is 2.46. The molecule has 18 heavy (non-hydrogen) atoms. The Labute approximate surface area is 111 Å². The Morgan fingerprint density at radius 1 is 1.28 bits per heavy atom. The van der Waals surface area contributed by atoms with E-state index >= 15 is 0 Å². The Kier molecular flexibility index (Phi) is 7.19. The van der Waals surface area contributed by atoms with Crippen molar-refractivity contribution in [3.8, 4) is 5.75 Å². The lowest BCUT2D eigenvalue weighted by molar-refractivity contribution is 0.300. The second-order valence-electron chi connectivity index (χ2n) is 4.58. The largest absolute Gasteiger partial charge is 0.493 e. The molecule has 0 spiro atoms. The summed E-state index contributed by atoms with van der Waals surface area (Å²) >= 11 is 0. The summed E-state index contributed by atoms with van der Waals surface area (Å²) < 4.78 is 5.93. The van der Waals surface area contributed by atoms with Crippen molar-refractivity contribution in [1.82, 2.24) is 5.32 Å². The Morgan fingerprint density at radius 3 is 2.83 bits per heavy atom. The van der Waals surface area contributed by atoms with Crippen LogP contribution in [0, 0.1) is 6.92 Å². The highest BCUT2D eigenvalue weighted by molar-refractivity contribution is 5.40. The van der Waals surface area contributed by atoms with Crippen LogP contribution in [0.5, 0.6) is 5.75 Å². The highest BCUT2D eigenvalue weighted by Gasteiger charge is 2.05. The van der Waals surface area contributed by atoms with Crippen molar-refractivity contribution in [2.24, 2.45) is 0 Å². The number of unbranched alkanes of at least 4 members (excludes halogenated alkanes) is 3. The van der Waals surface area contributed by atoms with Crippen LogP contribution in [-0.4, -0.2) is 13.7 Å². The van der Waals surface area contributed by atoms with Gasteiger partial charge in [0.2, 0.25) is 0 Å². The molecule has 0 heterocycles. The van der Waals surface area contributed by atoms with E-state index in [9.17, 15) is 0 Å². The van der Waals surface area contributed by atoms with Crippen molar-refractivity contribution in [2.75, 3.05) is 13.7 Å². The first-order chi connectivity index (χ1) is 8.79. The molecule has 0 aromatic heterocycles. The molecule has 1 aromatic rings. The first kappa shape index (κ1) is 14.8. The van der Waals surface area contributed by atoms with E-state index in [1.807, 2.05) is 13.1 Å². The molecule has 0 aliphatic heterocycles. The average molecular weight is 247 g/mol. The molecule has 0 aliphatic rings. The van der Waals surface area contributed by atoms with Crippen LogP contribution in [0.4, 0.5) is 0 Å². The highest BCUT2D eigenvalue weighted by atomic mass is 16.5. The average Bonchev–Trinajstić information content (AvgIpc) is 2.36. The molecule has 0 radical (unpaired) electrons. The van der Waals surface area contributed by atoms with E-state index in [0.29, 0.717) is 0 Å². The number of para-hydroxylation sites is 1. The van der Waals surface area contributed by atoms with Crippen LogP contribution in [-0.2, 0) is 6.54 Å². The number of aryl methyl sites for hydroxylation is 1. The molecule has 2 heteroatoms. The number of benzene rings is 1. The monoisotopic (exact) mass is 247 g/mol. The topological polar surface area (TPSA) is 21.3 Å². The number of hydrogen-bond donors (Lipinski definition) is 1. The second kappa shape index (κ2) is 8.76. The first-order valence-electron chi connectivity index (χ1n) is 6.76. The summed E-state index contributed by atoms with van der Waals surface area (Å²) in [5.74, 6) is 1.05. The molecule has 100 valence electrons. The van der Waals surface area contributed by atoms with Crippen LogP contribution in [0.2, 0.25) is 0 Å². The van der Waals surface area contributed by atoms with Gasteiger partial charge in [-0.2, -0.15) is 0 Å². The molecule has 1 N–H and O–H groups in total. The van der Waals surface area contributed by atoms with Crippen molar-refractivity contribution in [2.45, 2.75) is 39.2 Å². The molecule has 0 amide bonds. The Hall–Kier alpha value is -1.28. The Balaban J connectivity index is 2.42.